The molecule has 0 saturated carbocycles. The lowest BCUT2D eigenvalue weighted by Crippen LogP contribution is -1.95. The third-order valence-electron chi connectivity index (χ3n) is 3.35. The lowest BCUT2D eigenvalue weighted by atomic mass is 10.1. The second kappa shape index (κ2) is 5.68. The van der Waals surface area contributed by atoms with Crippen molar-refractivity contribution < 1.29 is 5.11 Å². The number of thiazole rings is 1. The van der Waals surface area contributed by atoms with Crippen molar-refractivity contribution in [3.05, 3.63) is 59.0 Å². The molecule has 0 aliphatic heterocycles. The number of phenols is 1. The van der Waals surface area contributed by atoms with E-state index in [2.05, 4.69) is 19.1 Å². The van der Waals surface area contributed by atoms with E-state index in [0.717, 1.165) is 32.3 Å². The van der Waals surface area contributed by atoms with Crippen molar-refractivity contribution in [1.82, 2.24) is 4.98 Å². The number of aromatic hydroxyl groups is 1. The summed E-state index contributed by atoms with van der Waals surface area (Å²) >= 11 is 1.67. The van der Waals surface area contributed by atoms with Crippen molar-refractivity contribution in [1.29, 1.82) is 0 Å². The van der Waals surface area contributed by atoms with Crippen LogP contribution in [0.3, 0.4) is 0 Å². The first-order chi connectivity index (χ1) is 10.2. The minimum absolute atomic E-state index is 0.266. The molecule has 3 aromatic rings. The quantitative estimate of drug-likeness (QED) is 0.769. The highest BCUT2D eigenvalue weighted by Gasteiger charge is 2.11. The number of benzene rings is 2. The van der Waals surface area contributed by atoms with Crippen molar-refractivity contribution in [2.75, 3.05) is 0 Å². The molecule has 0 unspecified atom stereocenters. The van der Waals surface area contributed by atoms with Gasteiger partial charge in [0.2, 0.25) is 0 Å². The van der Waals surface area contributed by atoms with Crippen LogP contribution < -0.4 is 5.73 Å². The van der Waals surface area contributed by atoms with Gasteiger partial charge in [0, 0.05) is 22.5 Å². The zero-order valence-corrected chi connectivity index (χ0v) is 12.5. The molecule has 4 heteroatoms. The van der Waals surface area contributed by atoms with Gasteiger partial charge in [-0.15, -0.1) is 11.3 Å². The highest BCUT2D eigenvalue weighted by molar-refractivity contribution is 7.15. The zero-order chi connectivity index (χ0) is 14.8. The first-order valence-corrected chi connectivity index (χ1v) is 7.55. The van der Waals surface area contributed by atoms with Crippen LogP contribution >= 0.6 is 11.3 Å². The highest BCUT2D eigenvalue weighted by Crippen LogP contribution is 2.33. The molecule has 3 nitrogen and oxygen atoms in total. The molecule has 1 heterocycles. The number of rotatable bonds is 3. The van der Waals surface area contributed by atoms with Crippen LogP contribution in [-0.2, 0) is 6.54 Å². The Morgan fingerprint density at radius 1 is 1.10 bits per heavy atom. The van der Waals surface area contributed by atoms with Crippen molar-refractivity contribution >= 4 is 11.3 Å². The topological polar surface area (TPSA) is 59.1 Å². The van der Waals surface area contributed by atoms with Gasteiger partial charge in [-0.25, -0.2) is 4.98 Å². The summed E-state index contributed by atoms with van der Waals surface area (Å²) in [5.74, 6) is 0.266. The SMILES string of the molecule is Cc1sc(-c2cccc(CN)c2)nc1-c1ccc(O)cc1. The van der Waals surface area contributed by atoms with Gasteiger partial charge in [0.15, 0.2) is 0 Å². The molecule has 0 bridgehead atoms. The summed E-state index contributed by atoms with van der Waals surface area (Å²) in [6.45, 7) is 2.60. The molecule has 0 radical (unpaired) electrons. The molecular weight excluding hydrogens is 280 g/mol. The molecule has 2 aromatic carbocycles. The monoisotopic (exact) mass is 296 g/mol. The average molecular weight is 296 g/mol. The largest absolute Gasteiger partial charge is 0.508 e. The van der Waals surface area contributed by atoms with Gasteiger partial charge in [-0.3, -0.25) is 0 Å². The van der Waals surface area contributed by atoms with E-state index in [-0.39, 0.29) is 5.75 Å². The summed E-state index contributed by atoms with van der Waals surface area (Å²) in [7, 11) is 0. The Hall–Kier alpha value is -2.17. The van der Waals surface area contributed by atoms with Crippen LogP contribution in [-0.4, -0.2) is 10.1 Å². The van der Waals surface area contributed by atoms with Crippen LogP contribution in [0.4, 0.5) is 0 Å². The molecule has 0 aliphatic carbocycles. The molecule has 0 spiro atoms. The fourth-order valence-electron chi connectivity index (χ4n) is 2.24. The molecule has 0 saturated heterocycles. The maximum Gasteiger partial charge on any atom is 0.124 e. The normalized spacial score (nSPS) is 10.8. The maximum absolute atomic E-state index is 9.38. The molecule has 3 N–H and O–H groups in total. The van der Waals surface area contributed by atoms with E-state index in [4.69, 9.17) is 10.7 Å². The molecule has 1 aromatic heterocycles. The second-order valence-electron chi connectivity index (χ2n) is 4.88. The molecule has 3 rings (SSSR count). The fourth-order valence-corrected chi connectivity index (χ4v) is 3.17. The summed E-state index contributed by atoms with van der Waals surface area (Å²) in [5, 5.41) is 10.4. The highest BCUT2D eigenvalue weighted by atomic mass is 32.1. The van der Waals surface area contributed by atoms with E-state index >= 15 is 0 Å². The minimum Gasteiger partial charge on any atom is -0.508 e. The summed E-state index contributed by atoms with van der Waals surface area (Å²) in [4.78, 5) is 5.91. The van der Waals surface area contributed by atoms with Crippen LogP contribution in [0, 0.1) is 6.92 Å². The number of hydrogen-bond donors (Lipinski definition) is 2. The Morgan fingerprint density at radius 2 is 1.86 bits per heavy atom. The fraction of sp³-hybridized carbons (Fsp3) is 0.118. The Balaban J connectivity index is 2.02. The summed E-state index contributed by atoms with van der Waals surface area (Å²) in [6.07, 6.45) is 0. The molecular formula is C17H16N2OS. The van der Waals surface area contributed by atoms with Crippen LogP contribution in [0.25, 0.3) is 21.8 Å². The lowest BCUT2D eigenvalue weighted by molar-refractivity contribution is 0.475. The average Bonchev–Trinajstić information content (AvgIpc) is 2.90. The van der Waals surface area contributed by atoms with Gasteiger partial charge in [-0.1, -0.05) is 18.2 Å². The molecule has 0 amide bonds. The molecule has 106 valence electrons. The molecule has 0 fully saturated rings. The Labute approximate surface area is 127 Å². The Bertz CT molecular complexity index is 763. The molecule has 0 aliphatic rings. The number of nitrogens with zero attached hydrogens (tertiary/aromatic N) is 1. The number of aryl methyl sites for hydroxylation is 1. The van der Waals surface area contributed by atoms with E-state index in [9.17, 15) is 5.11 Å². The van der Waals surface area contributed by atoms with Gasteiger partial charge >= 0.3 is 0 Å². The molecule has 21 heavy (non-hydrogen) atoms. The van der Waals surface area contributed by atoms with Gasteiger partial charge in [-0.05, 0) is 42.8 Å². The van der Waals surface area contributed by atoms with Crippen molar-refractivity contribution in [3.8, 4) is 27.6 Å². The standard InChI is InChI=1S/C17H16N2OS/c1-11-16(13-5-7-15(20)8-6-13)19-17(21-11)14-4-2-3-12(9-14)10-18/h2-9,20H,10,18H2,1H3. The maximum atomic E-state index is 9.38. The number of nitrogens with two attached hydrogens (primary N) is 1. The third-order valence-corrected chi connectivity index (χ3v) is 4.37. The smallest absolute Gasteiger partial charge is 0.124 e. The van der Waals surface area contributed by atoms with Crippen molar-refractivity contribution in [3.63, 3.8) is 0 Å². The summed E-state index contributed by atoms with van der Waals surface area (Å²) < 4.78 is 0. The zero-order valence-electron chi connectivity index (χ0n) is 11.7. The van der Waals surface area contributed by atoms with Gasteiger partial charge in [0.05, 0.1) is 5.69 Å². The number of phenolic OH excluding ortho intramolecular Hbond substituents is 1. The van der Waals surface area contributed by atoms with Gasteiger partial charge in [0.1, 0.15) is 10.8 Å². The predicted molar refractivity (Wildman–Crippen MR) is 87.3 cm³/mol. The number of aromatic nitrogens is 1. The first-order valence-electron chi connectivity index (χ1n) is 6.73. The lowest BCUT2D eigenvalue weighted by Gasteiger charge is -2.00. The van der Waals surface area contributed by atoms with Gasteiger partial charge in [0.25, 0.3) is 0 Å². The summed E-state index contributed by atoms with van der Waals surface area (Å²) in [5.41, 5.74) is 9.88. The van der Waals surface area contributed by atoms with Crippen LogP contribution in [0.15, 0.2) is 48.5 Å². The van der Waals surface area contributed by atoms with Crippen molar-refractivity contribution in [2.24, 2.45) is 5.73 Å². The van der Waals surface area contributed by atoms with Crippen molar-refractivity contribution in [2.45, 2.75) is 13.5 Å². The van der Waals surface area contributed by atoms with Crippen LogP contribution in [0.5, 0.6) is 5.75 Å². The van der Waals surface area contributed by atoms with Crippen LogP contribution in [0.2, 0.25) is 0 Å². The van der Waals surface area contributed by atoms with E-state index in [1.54, 1.807) is 23.5 Å². The third kappa shape index (κ3) is 2.82. The predicted octanol–water partition coefficient (Wildman–Crippen LogP) is 3.95. The van der Waals surface area contributed by atoms with Crippen LogP contribution in [0.1, 0.15) is 10.4 Å². The minimum atomic E-state index is 0.266. The van der Waals surface area contributed by atoms with Gasteiger partial charge in [-0.2, -0.15) is 0 Å². The van der Waals surface area contributed by atoms with E-state index < -0.39 is 0 Å². The van der Waals surface area contributed by atoms with E-state index in [1.807, 2.05) is 24.3 Å². The van der Waals surface area contributed by atoms with Gasteiger partial charge < -0.3 is 10.8 Å². The summed E-state index contributed by atoms with van der Waals surface area (Å²) in [6, 6.07) is 15.3. The number of hydrogen-bond acceptors (Lipinski definition) is 4. The Morgan fingerprint density at radius 3 is 2.57 bits per heavy atom. The van der Waals surface area contributed by atoms with E-state index in [0.29, 0.717) is 6.54 Å². The first kappa shape index (κ1) is 13.8. The molecule has 0 atom stereocenters. The van der Waals surface area contributed by atoms with E-state index in [1.165, 1.54) is 0 Å². The second-order valence-corrected chi connectivity index (χ2v) is 6.08. The Kier molecular flexibility index (Phi) is 3.73.